The number of nitrogens with one attached hydrogen (secondary N) is 1. The summed E-state index contributed by atoms with van der Waals surface area (Å²) in [6.07, 6.45) is -0.312. The molecule has 0 spiro atoms. The normalized spacial score (nSPS) is 24.1. The number of aromatic nitrogens is 1. The number of aliphatic carboxylic acids is 2. The van der Waals surface area contributed by atoms with Crippen molar-refractivity contribution in [1.82, 2.24) is 9.88 Å². The highest BCUT2D eigenvalue weighted by molar-refractivity contribution is 5.92. The molecule has 2 aliphatic heterocycles. The molecule has 9 nitrogen and oxygen atoms in total. The summed E-state index contributed by atoms with van der Waals surface area (Å²) < 4.78 is 69.4. The lowest BCUT2D eigenvalue weighted by Crippen LogP contribution is -2.54. The molecule has 1 aromatic heterocycles. The lowest BCUT2D eigenvalue weighted by atomic mass is 9.81. The molecule has 0 bridgehead atoms. The number of pyridine rings is 1. The van der Waals surface area contributed by atoms with Crippen LogP contribution in [0.1, 0.15) is 32.1 Å². The van der Waals surface area contributed by atoms with Gasteiger partial charge in [-0.1, -0.05) is 12.8 Å². The first kappa shape index (κ1) is 30.3. The summed E-state index contributed by atoms with van der Waals surface area (Å²) in [7, 11) is 0. The van der Waals surface area contributed by atoms with Gasteiger partial charge in [0, 0.05) is 37.9 Å². The van der Waals surface area contributed by atoms with Gasteiger partial charge in [0.05, 0.1) is 23.9 Å². The van der Waals surface area contributed by atoms with Crippen LogP contribution in [0.2, 0.25) is 0 Å². The number of rotatable bonds is 3. The van der Waals surface area contributed by atoms with Crippen molar-refractivity contribution in [3.63, 3.8) is 0 Å². The van der Waals surface area contributed by atoms with Gasteiger partial charge in [0.15, 0.2) is 0 Å². The molecule has 15 heteroatoms. The Kier molecular flexibility index (Phi) is 10.7. The molecule has 0 radical (unpaired) electrons. The second-order valence-electron chi connectivity index (χ2n) is 8.70. The van der Waals surface area contributed by atoms with Gasteiger partial charge in [-0.2, -0.15) is 26.3 Å². The molecule has 3 N–H and O–H groups in total. The van der Waals surface area contributed by atoms with Crippen molar-refractivity contribution in [3.05, 3.63) is 24.5 Å². The Morgan fingerprint density at radius 2 is 1.54 bits per heavy atom. The fraction of sp³-hybridized carbons (Fsp3) is 0.636. The van der Waals surface area contributed by atoms with Crippen molar-refractivity contribution >= 4 is 23.5 Å². The lowest BCUT2D eigenvalue weighted by molar-refractivity contribution is -0.193. The molecular weight excluding hydrogens is 516 g/mol. The Morgan fingerprint density at radius 3 is 2.03 bits per heavy atom. The predicted molar refractivity (Wildman–Crippen MR) is 115 cm³/mol. The zero-order valence-electron chi connectivity index (χ0n) is 19.5. The maximum Gasteiger partial charge on any atom is 0.490 e. The summed E-state index contributed by atoms with van der Waals surface area (Å²) in [5.41, 5.74) is 0.783. The Hall–Kier alpha value is -2.94. The maximum atomic E-state index is 12.8. The van der Waals surface area contributed by atoms with Gasteiger partial charge in [0.25, 0.3) is 0 Å². The van der Waals surface area contributed by atoms with Gasteiger partial charge < -0.3 is 20.3 Å². The predicted octanol–water partition coefficient (Wildman–Crippen LogP) is 3.57. The van der Waals surface area contributed by atoms with Crippen LogP contribution in [0.25, 0.3) is 0 Å². The molecular formula is C22H27F6N3O6. The molecule has 2 saturated heterocycles. The first-order valence-electron chi connectivity index (χ1n) is 11.4. The van der Waals surface area contributed by atoms with E-state index in [2.05, 4.69) is 15.2 Å². The standard InChI is InChI=1S/C18H25N3O2.2C2HF3O2/c22-18(20-13-4-3-8-19-10-13)16-11-21(14-5-1-2-6-14)12-17-15(16)7-9-23-17;2*3-2(4,5)1(6)7/h3-4,8,10,14-17H,1-2,5-7,9,11-12H2,(H,20,22);2*(H,6,7)/t15-,16-,17+;;/m0../s1. The van der Waals surface area contributed by atoms with E-state index in [1.165, 1.54) is 25.7 Å². The monoisotopic (exact) mass is 543 g/mol. The van der Waals surface area contributed by atoms with Gasteiger partial charge in [-0.15, -0.1) is 0 Å². The number of fused-ring (bicyclic) bond motifs is 1. The third-order valence-electron chi connectivity index (χ3n) is 6.22. The topological polar surface area (TPSA) is 129 Å². The minimum Gasteiger partial charge on any atom is -0.475 e. The molecule has 3 aliphatic rings. The summed E-state index contributed by atoms with van der Waals surface area (Å²) in [4.78, 5) is 37.2. The number of carboxylic acid groups (broad SMARTS) is 2. The molecule has 3 fully saturated rings. The van der Waals surface area contributed by atoms with E-state index >= 15 is 0 Å². The van der Waals surface area contributed by atoms with Crippen LogP contribution in [-0.4, -0.2) is 82.1 Å². The van der Waals surface area contributed by atoms with Crippen LogP contribution >= 0.6 is 0 Å². The van der Waals surface area contributed by atoms with Crippen LogP contribution in [0.4, 0.5) is 32.0 Å². The third kappa shape index (κ3) is 9.46. The number of amides is 1. The minimum absolute atomic E-state index is 0.0251. The third-order valence-corrected chi connectivity index (χ3v) is 6.22. The molecule has 0 aromatic carbocycles. The Morgan fingerprint density at radius 1 is 0.973 bits per heavy atom. The number of likely N-dealkylation sites (tertiary alicyclic amines) is 1. The number of piperidine rings is 1. The average molecular weight is 543 g/mol. The number of ether oxygens (including phenoxy) is 1. The summed E-state index contributed by atoms with van der Waals surface area (Å²) >= 11 is 0. The molecule has 208 valence electrons. The number of hydrogen-bond donors (Lipinski definition) is 3. The Bertz CT molecular complexity index is 884. The van der Waals surface area contributed by atoms with Crippen molar-refractivity contribution in [2.24, 2.45) is 11.8 Å². The molecule has 3 heterocycles. The number of alkyl halides is 6. The number of carbonyl (C=O) groups excluding carboxylic acids is 1. The van der Waals surface area contributed by atoms with Crippen LogP contribution in [0.5, 0.6) is 0 Å². The zero-order valence-corrected chi connectivity index (χ0v) is 19.5. The molecule has 4 rings (SSSR count). The van der Waals surface area contributed by atoms with Crippen LogP contribution in [-0.2, 0) is 19.1 Å². The van der Waals surface area contributed by atoms with Crippen LogP contribution < -0.4 is 5.32 Å². The van der Waals surface area contributed by atoms with E-state index in [1.807, 2.05) is 12.1 Å². The van der Waals surface area contributed by atoms with E-state index < -0.39 is 24.3 Å². The van der Waals surface area contributed by atoms with Gasteiger partial charge in [-0.25, -0.2) is 9.59 Å². The molecule has 1 amide bonds. The molecule has 1 aliphatic carbocycles. The van der Waals surface area contributed by atoms with Crippen molar-refractivity contribution in [3.8, 4) is 0 Å². The highest BCUT2D eigenvalue weighted by atomic mass is 19.4. The summed E-state index contributed by atoms with van der Waals surface area (Å²) in [6.45, 7) is 2.68. The van der Waals surface area contributed by atoms with Crippen molar-refractivity contribution in [2.75, 3.05) is 25.0 Å². The van der Waals surface area contributed by atoms with Gasteiger partial charge >= 0.3 is 24.3 Å². The Labute approximate surface area is 207 Å². The lowest BCUT2D eigenvalue weighted by Gasteiger charge is -2.42. The van der Waals surface area contributed by atoms with E-state index in [-0.39, 0.29) is 17.9 Å². The van der Waals surface area contributed by atoms with Crippen LogP contribution in [0.15, 0.2) is 24.5 Å². The SMILES string of the molecule is O=C(Nc1cccnc1)[C@H]1CN(C2CCCC2)C[C@H]2OCC[C@@H]12.O=C(O)C(F)(F)F.O=C(O)C(F)(F)F. The number of carbonyl (C=O) groups is 3. The van der Waals surface area contributed by atoms with Gasteiger partial charge in [0.2, 0.25) is 5.91 Å². The molecule has 1 aromatic rings. The minimum atomic E-state index is -5.08. The van der Waals surface area contributed by atoms with Crippen molar-refractivity contribution < 1.29 is 55.7 Å². The number of halogens is 6. The summed E-state index contributed by atoms with van der Waals surface area (Å²) in [5, 5.41) is 17.3. The smallest absolute Gasteiger partial charge is 0.475 e. The first-order chi connectivity index (χ1) is 17.2. The van der Waals surface area contributed by atoms with Gasteiger partial charge in [-0.3, -0.25) is 14.7 Å². The fourth-order valence-corrected chi connectivity index (χ4v) is 4.52. The quantitative estimate of drug-likeness (QED) is 0.494. The maximum absolute atomic E-state index is 12.8. The number of anilines is 1. The highest BCUT2D eigenvalue weighted by Crippen LogP contribution is 2.37. The second kappa shape index (κ2) is 13.0. The van der Waals surface area contributed by atoms with E-state index in [1.54, 1.807) is 12.4 Å². The van der Waals surface area contributed by atoms with E-state index in [0.29, 0.717) is 12.0 Å². The van der Waals surface area contributed by atoms with Gasteiger partial charge in [-0.05, 0) is 31.4 Å². The molecule has 3 atom stereocenters. The van der Waals surface area contributed by atoms with E-state index in [4.69, 9.17) is 24.5 Å². The van der Waals surface area contributed by atoms with Crippen molar-refractivity contribution in [2.45, 2.75) is 56.6 Å². The molecule has 1 saturated carbocycles. The van der Waals surface area contributed by atoms with E-state index in [0.717, 1.165) is 31.8 Å². The summed E-state index contributed by atoms with van der Waals surface area (Å²) in [5.74, 6) is -5.00. The van der Waals surface area contributed by atoms with Crippen LogP contribution in [0.3, 0.4) is 0 Å². The number of nitrogens with zero attached hydrogens (tertiary/aromatic N) is 2. The first-order valence-corrected chi connectivity index (χ1v) is 11.4. The second-order valence-corrected chi connectivity index (χ2v) is 8.70. The van der Waals surface area contributed by atoms with E-state index in [9.17, 15) is 31.1 Å². The zero-order chi connectivity index (χ0) is 27.8. The molecule has 37 heavy (non-hydrogen) atoms. The fourth-order valence-electron chi connectivity index (χ4n) is 4.52. The van der Waals surface area contributed by atoms with Crippen molar-refractivity contribution in [1.29, 1.82) is 0 Å². The Balaban J connectivity index is 0.000000286. The number of hydrogen-bond acceptors (Lipinski definition) is 6. The highest BCUT2D eigenvalue weighted by Gasteiger charge is 2.45. The summed E-state index contributed by atoms with van der Waals surface area (Å²) in [6, 6.07) is 4.39. The largest absolute Gasteiger partial charge is 0.490 e. The number of carboxylic acids is 2. The van der Waals surface area contributed by atoms with Crippen LogP contribution in [0, 0.1) is 11.8 Å². The van der Waals surface area contributed by atoms with Gasteiger partial charge in [0.1, 0.15) is 0 Å². The average Bonchev–Trinajstić information content (AvgIpc) is 3.51. The molecule has 0 unspecified atom stereocenters.